The average molecular weight is 336 g/mol. The van der Waals surface area contributed by atoms with Crippen molar-refractivity contribution in [3.63, 3.8) is 0 Å². The maximum atomic E-state index is 12.8. The van der Waals surface area contributed by atoms with Crippen molar-refractivity contribution in [2.45, 2.75) is 16.9 Å². The summed E-state index contributed by atoms with van der Waals surface area (Å²) in [5.74, 6) is 0.526. The minimum atomic E-state index is -3.57. The molecule has 3 rings (SSSR count). The van der Waals surface area contributed by atoms with E-state index in [9.17, 15) is 8.42 Å². The van der Waals surface area contributed by atoms with E-state index in [2.05, 4.69) is 4.98 Å². The van der Waals surface area contributed by atoms with E-state index in [1.54, 1.807) is 37.7 Å². The summed E-state index contributed by atoms with van der Waals surface area (Å²) >= 11 is 0. The summed E-state index contributed by atoms with van der Waals surface area (Å²) in [4.78, 5) is 4.55. The Morgan fingerprint density at radius 3 is 2.52 bits per heavy atom. The number of methoxy groups -OCH3 is 1. The van der Waals surface area contributed by atoms with Gasteiger partial charge >= 0.3 is 0 Å². The van der Waals surface area contributed by atoms with Gasteiger partial charge in [-0.1, -0.05) is 0 Å². The molecule has 0 radical (unpaired) electrons. The van der Waals surface area contributed by atoms with Gasteiger partial charge in [0.05, 0.1) is 24.0 Å². The Kier molecular flexibility index (Phi) is 4.13. The molecule has 0 bridgehead atoms. The van der Waals surface area contributed by atoms with Crippen LogP contribution in [-0.2, 0) is 17.1 Å². The third-order valence-corrected chi connectivity index (χ3v) is 5.98. The molecule has 2 heterocycles. The number of rotatable bonds is 4. The molecule has 0 aliphatic carbocycles. The van der Waals surface area contributed by atoms with Crippen LogP contribution in [0.4, 0.5) is 0 Å². The lowest BCUT2D eigenvalue weighted by molar-refractivity contribution is 0.414. The first-order valence-electron chi connectivity index (χ1n) is 7.29. The smallest absolute Gasteiger partial charge is 0.243 e. The predicted molar refractivity (Wildman–Crippen MR) is 85.7 cm³/mol. The second-order valence-corrected chi connectivity index (χ2v) is 7.67. The first-order chi connectivity index (χ1) is 10.9. The highest BCUT2D eigenvalue weighted by molar-refractivity contribution is 7.89. The van der Waals surface area contributed by atoms with Crippen molar-refractivity contribution in [1.29, 1.82) is 0 Å². The number of aromatic nitrogens is 2. The lowest BCUT2D eigenvalue weighted by atomic mass is 10.0. The van der Waals surface area contributed by atoms with Gasteiger partial charge in [0, 0.05) is 38.3 Å². The number of hydrogen-bond acceptors (Lipinski definition) is 5. The van der Waals surface area contributed by atoms with Crippen LogP contribution in [0.1, 0.15) is 11.6 Å². The standard InChI is InChI=1S/C15H20N4O3S/c1-18-9-15(17-10-18)13-7-19(8-14(13)16)23(20,21)12-5-3-11(22-2)4-6-12/h3-6,9-10,13-14H,7-8,16H2,1-2H3/t13-,14-/m1/s1. The molecule has 1 fully saturated rings. The Hall–Kier alpha value is -1.90. The number of ether oxygens (including phenoxy) is 1. The molecule has 2 aromatic rings. The molecular formula is C15H20N4O3S. The molecule has 2 N–H and O–H groups in total. The van der Waals surface area contributed by atoms with Crippen LogP contribution in [0, 0.1) is 0 Å². The summed E-state index contributed by atoms with van der Waals surface area (Å²) in [6, 6.07) is 6.11. The fraction of sp³-hybridized carbons (Fsp3) is 0.400. The van der Waals surface area contributed by atoms with Gasteiger partial charge < -0.3 is 15.0 Å². The molecular weight excluding hydrogens is 316 g/mol. The molecule has 1 aromatic heterocycles. The van der Waals surface area contributed by atoms with E-state index in [1.165, 1.54) is 4.31 Å². The number of benzene rings is 1. The first-order valence-corrected chi connectivity index (χ1v) is 8.73. The van der Waals surface area contributed by atoms with Gasteiger partial charge in [-0.05, 0) is 24.3 Å². The summed E-state index contributed by atoms with van der Waals surface area (Å²) in [6.45, 7) is 0.627. The van der Waals surface area contributed by atoms with Crippen molar-refractivity contribution in [3.8, 4) is 5.75 Å². The molecule has 1 saturated heterocycles. The van der Waals surface area contributed by atoms with Crippen molar-refractivity contribution in [2.24, 2.45) is 12.8 Å². The average Bonchev–Trinajstić information content (AvgIpc) is 3.13. The zero-order chi connectivity index (χ0) is 16.6. The normalized spacial score (nSPS) is 22.4. The van der Waals surface area contributed by atoms with E-state index in [1.807, 2.05) is 17.8 Å². The van der Waals surface area contributed by atoms with Crippen LogP contribution in [0.3, 0.4) is 0 Å². The van der Waals surface area contributed by atoms with Crippen molar-refractivity contribution >= 4 is 10.0 Å². The van der Waals surface area contributed by atoms with E-state index in [0.29, 0.717) is 12.3 Å². The molecule has 7 nitrogen and oxygen atoms in total. The zero-order valence-corrected chi connectivity index (χ0v) is 13.9. The molecule has 0 amide bonds. The van der Waals surface area contributed by atoms with Crippen molar-refractivity contribution in [3.05, 3.63) is 42.5 Å². The molecule has 8 heteroatoms. The lowest BCUT2D eigenvalue weighted by Gasteiger charge is -2.16. The molecule has 23 heavy (non-hydrogen) atoms. The summed E-state index contributed by atoms with van der Waals surface area (Å²) in [6.07, 6.45) is 3.58. The number of nitrogens with zero attached hydrogens (tertiary/aromatic N) is 3. The highest BCUT2D eigenvalue weighted by Crippen LogP contribution is 2.30. The molecule has 0 saturated carbocycles. The van der Waals surface area contributed by atoms with Crippen LogP contribution < -0.4 is 10.5 Å². The van der Waals surface area contributed by atoms with Crippen LogP contribution >= 0.6 is 0 Å². The van der Waals surface area contributed by atoms with Gasteiger partial charge in [-0.25, -0.2) is 13.4 Å². The van der Waals surface area contributed by atoms with Crippen molar-refractivity contribution < 1.29 is 13.2 Å². The minimum Gasteiger partial charge on any atom is -0.497 e. The Labute approximate surface area is 135 Å². The van der Waals surface area contributed by atoms with Crippen LogP contribution in [0.2, 0.25) is 0 Å². The summed E-state index contributed by atoms with van der Waals surface area (Å²) in [5.41, 5.74) is 6.98. The third-order valence-electron chi connectivity index (χ3n) is 4.13. The first kappa shape index (κ1) is 16.0. The van der Waals surface area contributed by atoms with E-state index in [0.717, 1.165) is 5.69 Å². The van der Waals surface area contributed by atoms with E-state index < -0.39 is 10.0 Å². The largest absolute Gasteiger partial charge is 0.497 e. The molecule has 1 aromatic carbocycles. The van der Waals surface area contributed by atoms with E-state index in [-0.39, 0.29) is 23.4 Å². The molecule has 1 aliphatic heterocycles. The number of aryl methyl sites for hydroxylation is 1. The van der Waals surface area contributed by atoms with Crippen LogP contribution in [0.5, 0.6) is 5.75 Å². The summed E-state index contributed by atoms with van der Waals surface area (Å²) in [5, 5.41) is 0. The fourth-order valence-electron chi connectivity index (χ4n) is 2.82. The second-order valence-electron chi connectivity index (χ2n) is 5.73. The van der Waals surface area contributed by atoms with E-state index in [4.69, 9.17) is 10.5 Å². The van der Waals surface area contributed by atoms with Gasteiger partial charge in [0.2, 0.25) is 10.0 Å². The van der Waals surface area contributed by atoms with E-state index >= 15 is 0 Å². The number of hydrogen-bond donors (Lipinski definition) is 1. The Balaban J connectivity index is 1.83. The molecule has 2 atom stereocenters. The van der Waals surface area contributed by atoms with Crippen LogP contribution in [-0.4, -0.2) is 48.5 Å². The van der Waals surface area contributed by atoms with Gasteiger partial charge in [0.1, 0.15) is 5.75 Å². The van der Waals surface area contributed by atoms with Gasteiger partial charge in [0.25, 0.3) is 0 Å². The third kappa shape index (κ3) is 2.97. The lowest BCUT2D eigenvalue weighted by Crippen LogP contribution is -2.32. The topological polar surface area (TPSA) is 90.5 Å². The van der Waals surface area contributed by atoms with Crippen LogP contribution in [0.15, 0.2) is 41.7 Å². The summed E-state index contributed by atoms with van der Waals surface area (Å²) in [7, 11) is -0.148. The van der Waals surface area contributed by atoms with Gasteiger partial charge in [-0.3, -0.25) is 0 Å². The Morgan fingerprint density at radius 2 is 1.96 bits per heavy atom. The highest BCUT2D eigenvalue weighted by Gasteiger charge is 2.39. The second kappa shape index (κ2) is 5.95. The molecule has 124 valence electrons. The van der Waals surface area contributed by atoms with Gasteiger partial charge in [-0.2, -0.15) is 4.31 Å². The molecule has 0 spiro atoms. The zero-order valence-electron chi connectivity index (χ0n) is 13.1. The van der Waals surface area contributed by atoms with Crippen molar-refractivity contribution in [1.82, 2.24) is 13.9 Å². The Bertz CT molecular complexity index is 785. The van der Waals surface area contributed by atoms with Gasteiger partial charge in [0.15, 0.2) is 0 Å². The summed E-state index contributed by atoms with van der Waals surface area (Å²) < 4.78 is 33.9. The molecule has 1 aliphatic rings. The monoisotopic (exact) mass is 336 g/mol. The maximum absolute atomic E-state index is 12.8. The predicted octanol–water partition coefficient (Wildman–Crippen LogP) is 0.544. The van der Waals surface area contributed by atoms with Gasteiger partial charge in [-0.15, -0.1) is 0 Å². The number of imidazole rings is 1. The Morgan fingerprint density at radius 1 is 1.26 bits per heavy atom. The number of nitrogens with two attached hydrogens (primary N) is 1. The SMILES string of the molecule is COc1ccc(S(=O)(=O)N2C[C@@H](N)[C@H](c3cn(C)cn3)C2)cc1. The molecule has 0 unspecified atom stereocenters. The quantitative estimate of drug-likeness (QED) is 0.880. The van der Waals surface area contributed by atoms with Crippen molar-refractivity contribution in [2.75, 3.05) is 20.2 Å². The number of sulfonamides is 1. The maximum Gasteiger partial charge on any atom is 0.243 e. The fourth-order valence-corrected chi connectivity index (χ4v) is 4.33. The highest BCUT2D eigenvalue weighted by atomic mass is 32.2. The minimum absolute atomic E-state index is 0.0933. The van der Waals surface area contributed by atoms with Crippen LogP contribution in [0.25, 0.3) is 0 Å².